The maximum absolute atomic E-state index is 12.3. The zero-order chi connectivity index (χ0) is 17.6. The molecule has 1 N–H and O–H groups in total. The molecular formula is C16H24O6S. The van der Waals surface area contributed by atoms with Crippen LogP contribution in [-0.4, -0.2) is 38.3 Å². The Balaban J connectivity index is 2.99. The standard InChI is InChI=1S/C16H24O6S/c1-5-21-16(18)15(17)14(10-11(2)3)22-23(19,20)13-8-6-12(4)7-9-13/h6-9,11,14-15,17H,5,10H2,1-4H3/t14-,15-/m1/s1. The summed E-state index contributed by atoms with van der Waals surface area (Å²) < 4.78 is 34.5. The molecular weight excluding hydrogens is 320 g/mol. The van der Waals surface area contributed by atoms with Gasteiger partial charge in [-0.15, -0.1) is 0 Å². The molecule has 0 aliphatic rings. The first-order valence-corrected chi connectivity index (χ1v) is 8.92. The van der Waals surface area contributed by atoms with Gasteiger partial charge in [-0.05, 0) is 38.3 Å². The number of hydrogen-bond acceptors (Lipinski definition) is 6. The van der Waals surface area contributed by atoms with Crippen LogP contribution in [0.1, 0.15) is 32.8 Å². The molecule has 0 heterocycles. The van der Waals surface area contributed by atoms with Crippen LogP contribution in [0.3, 0.4) is 0 Å². The molecule has 0 aromatic heterocycles. The second kappa shape index (κ2) is 8.42. The van der Waals surface area contributed by atoms with Crippen molar-refractivity contribution >= 4 is 16.1 Å². The van der Waals surface area contributed by atoms with Gasteiger partial charge >= 0.3 is 5.97 Å². The molecule has 0 unspecified atom stereocenters. The molecule has 0 aliphatic carbocycles. The predicted octanol–water partition coefficient (Wildman–Crippen LogP) is 2.04. The van der Waals surface area contributed by atoms with E-state index in [4.69, 9.17) is 8.92 Å². The Kier molecular flexibility index (Phi) is 7.18. The van der Waals surface area contributed by atoms with Gasteiger partial charge in [-0.25, -0.2) is 4.79 Å². The SMILES string of the molecule is CCOC(=O)[C@H](O)[C@@H](CC(C)C)OS(=O)(=O)c1ccc(C)cc1. The van der Waals surface area contributed by atoms with Gasteiger partial charge < -0.3 is 9.84 Å². The normalized spacial score (nSPS) is 14.5. The Hall–Kier alpha value is -1.44. The minimum atomic E-state index is -4.08. The molecule has 0 amide bonds. The fraction of sp³-hybridized carbons (Fsp3) is 0.562. The Labute approximate surface area is 137 Å². The molecule has 1 rings (SSSR count). The number of aliphatic hydroxyl groups is 1. The quantitative estimate of drug-likeness (QED) is 0.573. The van der Waals surface area contributed by atoms with E-state index in [1.54, 1.807) is 19.1 Å². The molecule has 130 valence electrons. The fourth-order valence-corrected chi connectivity index (χ4v) is 3.08. The lowest BCUT2D eigenvalue weighted by Crippen LogP contribution is -2.39. The van der Waals surface area contributed by atoms with E-state index >= 15 is 0 Å². The number of carbonyl (C=O) groups is 1. The van der Waals surface area contributed by atoms with Crippen LogP contribution in [0.15, 0.2) is 29.2 Å². The van der Waals surface area contributed by atoms with Crippen molar-refractivity contribution in [2.24, 2.45) is 5.92 Å². The van der Waals surface area contributed by atoms with Crippen molar-refractivity contribution in [3.8, 4) is 0 Å². The van der Waals surface area contributed by atoms with E-state index in [9.17, 15) is 18.3 Å². The average molecular weight is 344 g/mol. The van der Waals surface area contributed by atoms with Crippen molar-refractivity contribution in [3.63, 3.8) is 0 Å². The fourth-order valence-electron chi connectivity index (χ4n) is 1.99. The first kappa shape index (κ1) is 19.6. The van der Waals surface area contributed by atoms with Crippen LogP contribution in [0, 0.1) is 12.8 Å². The maximum Gasteiger partial charge on any atom is 0.337 e. The summed E-state index contributed by atoms with van der Waals surface area (Å²) in [5, 5.41) is 10.0. The molecule has 0 saturated heterocycles. The van der Waals surface area contributed by atoms with Gasteiger partial charge in [0.2, 0.25) is 0 Å². The van der Waals surface area contributed by atoms with Gasteiger partial charge in [-0.3, -0.25) is 4.18 Å². The van der Waals surface area contributed by atoms with E-state index in [1.165, 1.54) is 12.1 Å². The molecule has 23 heavy (non-hydrogen) atoms. The molecule has 0 radical (unpaired) electrons. The van der Waals surface area contributed by atoms with Crippen LogP contribution < -0.4 is 0 Å². The highest BCUT2D eigenvalue weighted by atomic mass is 32.2. The summed E-state index contributed by atoms with van der Waals surface area (Å²) in [5.41, 5.74) is 0.911. The number of esters is 1. The highest BCUT2D eigenvalue weighted by Gasteiger charge is 2.33. The Bertz CT molecular complexity index is 606. The van der Waals surface area contributed by atoms with Crippen LogP contribution in [0.25, 0.3) is 0 Å². The van der Waals surface area contributed by atoms with Crippen LogP contribution in [-0.2, 0) is 23.8 Å². The lowest BCUT2D eigenvalue weighted by Gasteiger charge is -2.23. The largest absolute Gasteiger partial charge is 0.464 e. The van der Waals surface area contributed by atoms with Crippen molar-refractivity contribution in [1.29, 1.82) is 0 Å². The summed E-state index contributed by atoms with van der Waals surface area (Å²) in [6, 6.07) is 6.15. The lowest BCUT2D eigenvalue weighted by molar-refractivity contribution is -0.158. The maximum atomic E-state index is 12.3. The molecule has 0 fully saturated rings. The summed E-state index contributed by atoms with van der Waals surface area (Å²) in [6.45, 7) is 7.21. The highest BCUT2D eigenvalue weighted by Crippen LogP contribution is 2.21. The van der Waals surface area contributed by atoms with Gasteiger partial charge in [0, 0.05) is 0 Å². The summed E-state index contributed by atoms with van der Waals surface area (Å²) in [5.74, 6) is -0.866. The number of hydrogen-bond donors (Lipinski definition) is 1. The van der Waals surface area contributed by atoms with E-state index in [0.717, 1.165) is 5.56 Å². The molecule has 1 aromatic carbocycles. The topological polar surface area (TPSA) is 89.9 Å². The molecule has 0 aliphatic heterocycles. The predicted molar refractivity (Wildman–Crippen MR) is 85.3 cm³/mol. The van der Waals surface area contributed by atoms with Crippen LogP contribution in [0.2, 0.25) is 0 Å². The molecule has 6 nitrogen and oxygen atoms in total. The van der Waals surface area contributed by atoms with E-state index in [1.807, 2.05) is 20.8 Å². The zero-order valence-electron chi connectivity index (χ0n) is 13.9. The van der Waals surface area contributed by atoms with Crippen molar-refractivity contribution in [1.82, 2.24) is 0 Å². The van der Waals surface area contributed by atoms with Gasteiger partial charge in [-0.1, -0.05) is 31.5 Å². The van der Waals surface area contributed by atoms with E-state index < -0.39 is 28.3 Å². The number of rotatable bonds is 8. The van der Waals surface area contributed by atoms with Crippen molar-refractivity contribution in [2.45, 2.75) is 51.2 Å². The van der Waals surface area contributed by atoms with Crippen molar-refractivity contribution in [3.05, 3.63) is 29.8 Å². The zero-order valence-corrected chi connectivity index (χ0v) is 14.7. The van der Waals surface area contributed by atoms with Gasteiger partial charge in [-0.2, -0.15) is 8.42 Å². The van der Waals surface area contributed by atoms with Gasteiger partial charge in [0.25, 0.3) is 10.1 Å². The number of carbonyl (C=O) groups excluding carboxylic acids is 1. The summed E-state index contributed by atoms with van der Waals surface area (Å²) >= 11 is 0. The second-order valence-electron chi connectivity index (χ2n) is 5.73. The summed E-state index contributed by atoms with van der Waals surface area (Å²) in [6.07, 6.45) is -2.65. The minimum Gasteiger partial charge on any atom is -0.464 e. The van der Waals surface area contributed by atoms with Crippen molar-refractivity contribution < 1.29 is 27.2 Å². The van der Waals surface area contributed by atoms with E-state index in [-0.39, 0.29) is 23.8 Å². The monoisotopic (exact) mass is 344 g/mol. The van der Waals surface area contributed by atoms with E-state index in [2.05, 4.69) is 0 Å². The lowest BCUT2D eigenvalue weighted by atomic mass is 10.0. The molecule has 2 atom stereocenters. The minimum absolute atomic E-state index is 0.0204. The van der Waals surface area contributed by atoms with Crippen LogP contribution in [0.5, 0.6) is 0 Å². The Morgan fingerprint density at radius 1 is 1.22 bits per heavy atom. The smallest absolute Gasteiger partial charge is 0.337 e. The first-order chi connectivity index (χ1) is 10.7. The highest BCUT2D eigenvalue weighted by molar-refractivity contribution is 7.86. The average Bonchev–Trinajstić information content (AvgIpc) is 2.45. The van der Waals surface area contributed by atoms with Gasteiger partial charge in [0.05, 0.1) is 11.5 Å². The number of aliphatic hydroxyl groups excluding tert-OH is 1. The number of aryl methyl sites for hydroxylation is 1. The van der Waals surface area contributed by atoms with Crippen molar-refractivity contribution in [2.75, 3.05) is 6.61 Å². The molecule has 0 spiro atoms. The van der Waals surface area contributed by atoms with Crippen LogP contribution in [0.4, 0.5) is 0 Å². The Morgan fingerprint density at radius 3 is 2.26 bits per heavy atom. The van der Waals surface area contributed by atoms with Gasteiger partial charge in [0.1, 0.15) is 6.10 Å². The third kappa shape index (κ3) is 5.93. The first-order valence-electron chi connectivity index (χ1n) is 7.52. The van der Waals surface area contributed by atoms with Gasteiger partial charge in [0.15, 0.2) is 6.10 Å². The Morgan fingerprint density at radius 2 is 1.78 bits per heavy atom. The second-order valence-corrected chi connectivity index (χ2v) is 7.30. The molecule has 1 aromatic rings. The molecule has 7 heteroatoms. The van der Waals surface area contributed by atoms with Crippen LogP contribution >= 0.6 is 0 Å². The summed E-state index contributed by atoms with van der Waals surface area (Å²) in [7, 11) is -4.08. The molecule has 0 saturated carbocycles. The molecule has 0 bridgehead atoms. The number of benzene rings is 1. The van der Waals surface area contributed by atoms with E-state index in [0.29, 0.717) is 0 Å². The third-order valence-electron chi connectivity index (χ3n) is 3.14. The third-order valence-corrected chi connectivity index (χ3v) is 4.49. The summed E-state index contributed by atoms with van der Waals surface area (Å²) in [4.78, 5) is 11.7. The number of ether oxygens (including phenoxy) is 1.